The second-order valence-corrected chi connectivity index (χ2v) is 9.56. The highest BCUT2D eigenvalue weighted by Gasteiger charge is 2.24. The minimum absolute atomic E-state index is 0.0487. The van der Waals surface area contributed by atoms with Crippen molar-refractivity contribution in [3.8, 4) is 0 Å². The number of benzene rings is 2. The monoisotopic (exact) mass is 442 g/mol. The van der Waals surface area contributed by atoms with E-state index in [4.69, 9.17) is 27.9 Å². The first-order valence-electron chi connectivity index (χ1n) is 9.14. The summed E-state index contributed by atoms with van der Waals surface area (Å²) in [6.07, 6.45) is 0. The lowest BCUT2D eigenvalue weighted by Gasteiger charge is -2.35. The maximum atomic E-state index is 12.7. The van der Waals surface area contributed by atoms with Gasteiger partial charge >= 0.3 is 0 Å². The van der Waals surface area contributed by atoms with Crippen molar-refractivity contribution < 1.29 is 13.2 Å². The molecule has 2 aromatic rings. The number of hydrogen-bond acceptors (Lipinski definition) is 4. The van der Waals surface area contributed by atoms with Gasteiger partial charge < -0.3 is 4.74 Å². The fourth-order valence-electron chi connectivity index (χ4n) is 3.33. The highest BCUT2D eigenvalue weighted by Crippen LogP contribution is 2.25. The van der Waals surface area contributed by atoms with Crippen LogP contribution in [-0.2, 0) is 20.5 Å². The van der Waals surface area contributed by atoms with Gasteiger partial charge in [-0.25, -0.2) is 13.1 Å². The number of halogens is 2. The predicted molar refractivity (Wildman–Crippen MR) is 113 cm³/mol. The highest BCUT2D eigenvalue weighted by molar-refractivity contribution is 7.88. The molecule has 1 N–H and O–H groups in total. The predicted octanol–water partition coefficient (Wildman–Crippen LogP) is 3.79. The van der Waals surface area contributed by atoms with Gasteiger partial charge in [0.1, 0.15) is 0 Å². The van der Waals surface area contributed by atoms with Crippen LogP contribution < -0.4 is 4.72 Å². The minimum atomic E-state index is -3.53. The fraction of sp³-hybridized carbons (Fsp3) is 0.400. The zero-order valence-electron chi connectivity index (χ0n) is 15.7. The standard InChI is InChI=1S/C20H24Cl2N2O3S/c1-15-3-2-4-17(11-15)20(24-7-9-27-10-8-24)13-23-28(25,26)14-16-5-6-18(21)19(22)12-16/h2-6,11-12,20,23H,7-10,13-14H2,1H3. The summed E-state index contributed by atoms with van der Waals surface area (Å²) in [5.74, 6) is -0.145. The number of sulfonamides is 1. The van der Waals surface area contributed by atoms with E-state index in [1.165, 1.54) is 0 Å². The van der Waals surface area contributed by atoms with Crippen LogP contribution in [0.4, 0.5) is 0 Å². The van der Waals surface area contributed by atoms with E-state index in [2.05, 4.69) is 15.7 Å². The van der Waals surface area contributed by atoms with Gasteiger partial charge in [0.25, 0.3) is 0 Å². The van der Waals surface area contributed by atoms with E-state index < -0.39 is 10.0 Å². The van der Waals surface area contributed by atoms with Crippen LogP contribution in [-0.4, -0.2) is 46.2 Å². The van der Waals surface area contributed by atoms with Crippen molar-refractivity contribution in [2.24, 2.45) is 0 Å². The van der Waals surface area contributed by atoms with E-state index in [-0.39, 0.29) is 11.8 Å². The zero-order valence-corrected chi connectivity index (χ0v) is 18.0. The molecular weight excluding hydrogens is 419 g/mol. The van der Waals surface area contributed by atoms with Crippen LogP contribution in [0, 0.1) is 6.92 Å². The maximum Gasteiger partial charge on any atom is 0.215 e. The molecular formula is C20H24Cl2N2O3S. The Morgan fingerprint density at radius 2 is 1.86 bits per heavy atom. The third-order valence-electron chi connectivity index (χ3n) is 4.75. The van der Waals surface area contributed by atoms with Crippen LogP contribution in [0.1, 0.15) is 22.7 Å². The SMILES string of the molecule is Cc1cccc(C(CNS(=O)(=O)Cc2ccc(Cl)c(Cl)c2)N2CCOCC2)c1. The topological polar surface area (TPSA) is 58.6 Å². The maximum absolute atomic E-state index is 12.7. The minimum Gasteiger partial charge on any atom is -0.379 e. The fourth-order valence-corrected chi connectivity index (χ4v) is 4.78. The summed E-state index contributed by atoms with van der Waals surface area (Å²) in [7, 11) is -3.53. The van der Waals surface area contributed by atoms with E-state index in [1.807, 2.05) is 25.1 Å². The second-order valence-electron chi connectivity index (χ2n) is 6.93. The molecule has 152 valence electrons. The molecule has 1 atom stereocenters. The van der Waals surface area contributed by atoms with Crippen molar-refractivity contribution >= 4 is 33.2 Å². The molecule has 1 aliphatic heterocycles. The van der Waals surface area contributed by atoms with E-state index in [9.17, 15) is 8.42 Å². The number of nitrogens with zero attached hydrogens (tertiary/aromatic N) is 1. The van der Waals surface area contributed by atoms with Gasteiger partial charge in [0, 0.05) is 25.7 Å². The third-order valence-corrected chi connectivity index (χ3v) is 6.81. The Bertz CT molecular complexity index is 915. The number of rotatable bonds is 7. The lowest BCUT2D eigenvalue weighted by Crippen LogP contribution is -2.44. The molecule has 1 unspecified atom stereocenters. The van der Waals surface area contributed by atoms with Crippen LogP contribution in [0.25, 0.3) is 0 Å². The zero-order chi connectivity index (χ0) is 20.1. The average Bonchev–Trinajstić information content (AvgIpc) is 2.65. The molecule has 1 saturated heterocycles. The number of aryl methyl sites for hydroxylation is 1. The van der Waals surface area contributed by atoms with E-state index in [1.54, 1.807) is 18.2 Å². The highest BCUT2D eigenvalue weighted by atomic mass is 35.5. The van der Waals surface area contributed by atoms with Crippen LogP contribution in [0.3, 0.4) is 0 Å². The van der Waals surface area contributed by atoms with Crippen molar-refractivity contribution in [2.45, 2.75) is 18.7 Å². The molecule has 0 spiro atoms. The summed E-state index contributed by atoms with van der Waals surface area (Å²) in [4.78, 5) is 2.26. The summed E-state index contributed by atoms with van der Waals surface area (Å²) < 4.78 is 33.5. The van der Waals surface area contributed by atoms with Crippen molar-refractivity contribution in [3.63, 3.8) is 0 Å². The average molecular weight is 443 g/mol. The summed E-state index contributed by atoms with van der Waals surface area (Å²) in [6.45, 7) is 5.18. The number of ether oxygens (including phenoxy) is 1. The molecule has 0 aliphatic carbocycles. The smallest absolute Gasteiger partial charge is 0.215 e. The van der Waals surface area contributed by atoms with Crippen molar-refractivity contribution in [3.05, 3.63) is 69.2 Å². The Balaban J connectivity index is 1.73. The lowest BCUT2D eigenvalue weighted by molar-refractivity contribution is 0.0172. The first-order chi connectivity index (χ1) is 13.3. The van der Waals surface area contributed by atoms with E-state index in [0.29, 0.717) is 35.4 Å². The first-order valence-corrected chi connectivity index (χ1v) is 11.5. The Morgan fingerprint density at radius 1 is 1.11 bits per heavy atom. The molecule has 3 rings (SSSR count). The molecule has 2 aromatic carbocycles. The normalized spacial score (nSPS) is 16.8. The van der Waals surface area contributed by atoms with Crippen molar-refractivity contribution in [1.29, 1.82) is 0 Å². The molecule has 8 heteroatoms. The summed E-state index contributed by atoms with van der Waals surface area (Å²) in [5, 5.41) is 0.753. The first kappa shape index (κ1) is 21.6. The number of hydrogen-bond donors (Lipinski definition) is 1. The van der Waals surface area contributed by atoms with Gasteiger partial charge in [-0.15, -0.1) is 0 Å². The molecule has 0 amide bonds. The van der Waals surface area contributed by atoms with Gasteiger partial charge in [-0.05, 0) is 30.2 Å². The Kier molecular flexibility index (Phi) is 7.36. The van der Waals surface area contributed by atoms with Crippen LogP contribution >= 0.6 is 23.2 Å². The van der Waals surface area contributed by atoms with Gasteiger partial charge in [0.05, 0.1) is 29.0 Å². The molecule has 28 heavy (non-hydrogen) atoms. The lowest BCUT2D eigenvalue weighted by atomic mass is 10.0. The van der Waals surface area contributed by atoms with Crippen molar-refractivity contribution in [1.82, 2.24) is 9.62 Å². The number of morpholine rings is 1. The summed E-state index contributed by atoms with van der Waals surface area (Å²) in [6, 6.07) is 13.0. The molecule has 1 fully saturated rings. The van der Waals surface area contributed by atoms with Crippen LogP contribution in [0.5, 0.6) is 0 Å². The quantitative estimate of drug-likeness (QED) is 0.708. The Morgan fingerprint density at radius 3 is 2.54 bits per heavy atom. The van der Waals surface area contributed by atoms with Crippen molar-refractivity contribution in [2.75, 3.05) is 32.8 Å². The largest absolute Gasteiger partial charge is 0.379 e. The van der Waals surface area contributed by atoms with Crippen LogP contribution in [0.2, 0.25) is 10.0 Å². The van der Waals surface area contributed by atoms with Gasteiger partial charge in [-0.2, -0.15) is 0 Å². The molecule has 1 heterocycles. The van der Waals surface area contributed by atoms with E-state index >= 15 is 0 Å². The van der Waals surface area contributed by atoms with Crippen LogP contribution in [0.15, 0.2) is 42.5 Å². The van der Waals surface area contributed by atoms with E-state index in [0.717, 1.165) is 24.2 Å². The Labute approximate surface area is 176 Å². The van der Waals surface area contributed by atoms with Gasteiger partial charge in [-0.3, -0.25) is 4.90 Å². The molecule has 5 nitrogen and oxygen atoms in total. The molecule has 0 saturated carbocycles. The molecule has 1 aliphatic rings. The third kappa shape index (κ3) is 5.92. The molecule has 0 bridgehead atoms. The number of nitrogens with one attached hydrogen (secondary N) is 1. The summed E-state index contributed by atoms with van der Waals surface area (Å²) in [5.41, 5.74) is 2.84. The summed E-state index contributed by atoms with van der Waals surface area (Å²) >= 11 is 11.9. The second kappa shape index (κ2) is 9.57. The van der Waals surface area contributed by atoms with Gasteiger partial charge in [-0.1, -0.05) is 59.1 Å². The molecule has 0 aromatic heterocycles. The van der Waals surface area contributed by atoms with Gasteiger partial charge in [0.2, 0.25) is 10.0 Å². The molecule has 0 radical (unpaired) electrons. The van der Waals surface area contributed by atoms with Gasteiger partial charge in [0.15, 0.2) is 0 Å². The Hall–Kier alpha value is -1.15.